The van der Waals surface area contributed by atoms with Crippen molar-refractivity contribution in [1.29, 1.82) is 0 Å². The number of imidazole rings is 1. The molecular weight excluding hydrogens is 355 g/mol. The van der Waals surface area contributed by atoms with Gasteiger partial charge in [-0.15, -0.1) is 0 Å². The average molecular weight is 369 g/mol. The Morgan fingerprint density at radius 1 is 1.43 bits per heavy atom. The zero-order chi connectivity index (χ0) is 15.1. The van der Waals surface area contributed by atoms with Gasteiger partial charge in [-0.1, -0.05) is 13.3 Å². The molecule has 4 nitrogen and oxygen atoms in total. The molecule has 0 amide bonds. The molecular formula is C14H14BrFN4S. The zero-order valence-corrected chi connectivity index (χ0v) is 14.1. The molecule has 0 bridgehead atoms. The molecule has 7 heteroatoms. The SMILES string of the molecule is CCCc1nn(C)c2c1[nH]c(=S)n2-c1ccc(F)c(Br)c1. The molecule has 1 aromatic carbocycles. The molecule has 2 heterocycles. The van der Waals surface area contributed by atoms with Crippen LogP contribution in [0.3, 0.4) is 0 Å². The molecule has 1 N–H and O–H groups in total. The van der Waals surface area contributed by atoms with Gasteiger partial charge in [-0.05, 0) is 52.8 Å². The van der Waals surface area contributed by atoms with E-state index < -0.39 is 0 Å². The number of aryl methyl sites for hydroxylation is 2. The number of hydrogen-bond donors (Lipinski definition) is 1. The van der Waals surface area contributed by atoms with E-state index in [0.717, 1.165) is 35.4 Å². The lowest BCUT2D eigenvalue weighted by Gasteiger charge is -2.06. The molecule has 0 aliphatic heterocycles. The van der Waals surface area contributed by atoms with Crippen LogP contribution in [0.1, 0.15) is 19.0 Å². The Bertz CT molecular complexity index is 877. The summed E-state index contributed by atoms with van der Waals surface area (Å²) >= 11 is 8.64. The lowest BCUT2D eigenvalue weighted by Crippen LogP contribution is -2.01. The first-order chi connectivity index (χ1) is 10.0. The van der Waals surface area contributed by atoms with E-state index in [1.807, 2.05) is 16.3 Å². The standard InChI is InChI=1S/C14H14BrFN4S/c1-3-4-11-12-13(19(2)18-11)20(14(21)17-12)8-5-6-10(16)9(15)7-8/h5-7H,3-4H2,1-2H3,(H,17,21). The number of aromatic nitrogens is 4. The molecule has 0 aliphatic rings. The summed E-state index contributed by atoms with van der Waals surface area (Å²) in [6.07, 6.45) is 1.90. The van der Waals surface area contributed by atoms with Crippen molar-refractivity contribution in [3.8, 4) is 5.69 Å². The van der Waals surface area contributed by atoms with Crippen LogP contribution in [0.15, 0.2) is 22.7 Å². The number of aromatic amines is 1. The van der Waals surface area contributed by atoms with Crippen LogP contribution in [-0.4, -0.2) is 19.3 Å². The van der Waals surface area contributed by atoms with Crippen LogP contribution in [0, 0.1) is 10.6 Å². The first-order valence-electron chi connectivity index (χ1n) is 6.65. The minimum atomic E-state index is -0.297. The first kappa shape index (κ1) is 14.5. The van der Waals surface area contributed by atoms with Gasteiger partial charge < -0.3 is 4.98 Å². The quantitative estimate of drug-likeness (QED) is 0.700. The Kier molecular flexibility index (Phi) is 3.71. The lowest BCUT2D eigenvalue weighted by molar-refractivity contribution is 0.620. The van der Waals surface area contributed by atoms with E-state index in [0.29, 0.717) is 9.24 Å². The number of nitrogens with zero attached hydrogens (tertiary/aromatic N) is 3. The summed E-state index contributed by atoms with van der Waals surface area (Å²) in [7, 11) is 1.89. The van der Waals surface area contributed by atoms with Crippen LogP contribution in [0.4, 0.5) is 4.39 Å². The summed E-state index contributed by atoms with van der Waals surface area (Å²) in [5, 5.41) is 4.54. The minimum absolute atomic E-state index is 0.297. The number of hydrogen-bond acceptors (Lipinski definition) is 2. The van der Waals surface area contributed by atoms with E-state index in [1.54, 1.807) is 12.1 Å². The monoisotopic (exact) mass is 368 g/mol. The molecule has 2 aromatic heterocycles. The van der Waals surface area contributed by atoms with Crippen LogP contribution < -0.4 is 0 Å². The fraction of sp³-hybridized carbons (Fsp3) is 0.286. The Hall–Kier alpha value is -1.47. The number of halogens is 2. The third-order valence-corrected chi connectivity index (χ3v) is 4.28. The largest absolute Gasteiger partial charge is 0.327 e. The van der Waals surface area contributed by atoms with Crippen molar-refractivity contribution in [2.45, 2.75) is 19.8 Å². The van der Waals surface area contributed by atoms with Crippen LogP contribution in [0.2, 0.25) is 0 Å². The van der Waals surface area contributed by atoms with Crippen molar-refractivity contribution in [1.82, 2.24) is 19.3 Å². The molecule has 0 saturated heterocycles. The maximum atomic E-state index is 13.4. The molecule has 0 aliphatic carbocycles. The van der Waals surface area contributed by atoms with Crippen molar-refractivity contribution >= 4 is 39.3 Å². The summed E-state index contributed by atoms with van der Waals surface area (Å²) in [6.45, 7) is 2.11. The van der Waals surface area contributed by atoms with Gasteiger partial charge in [0.25, 0.3) is 0 Å². The second kappa shape index (κ2) is 5.38. The van der Waals surface area contributed by atoms with Crippen molar-refractivity contribution in [3.63, 3.8) is 0 Å². The molecule has 0 atom stereocenters. The molecule has 3 aromatic rings. The Morgan fingerprint density at radius 3 is 2.86 bits per heavy atom. The lowest BCUT2D eigenvalue weighted by atomic mass is 10.2. The van der Waals surface area contributed by atoms with Crippen LogP contribution in [0.5, 0.6) is 0 Å². The highest BCUT2D eigenvalue weighted by atomic mass is 79.9. The summed E-state index contributed by atoms with van der Waals surface area (Å²) in [5.74, 6) is -0.297. The third kappa shape index (κ3) is 2.34. The van der Waals surface area contributed by atoms with Crippen molar-refractivity contribution in [3.05, 3.63) is 39.0 Å². The number of nitrogens with one attached hydrogen (secondary N) is 1. The fourth-order valence-corrected chi connectivity index (χ4v) is 3.15. The van der Waals surface area contributed by atoms with Gasteiger partial charge in [0.15, 0.2) is 10.4 Å². The number of fused-ring (bicyclic) bond motifs is 1. The summed E-state index contributed by atoms with van der Waals surface area (Å²) < 4.78 is 18.1. The van der Waals surface area contributed by atoms with E-state index in [-0.39, 0.29) is 5.82 Å². The van der Waals surface area contributed by atoms with E-state index in [1.165, 1.54) is 6.07 Å². The van der Waals surface area contributed by atoms with Crippen LogP contribution >= 0.6 is 28.1 Å². The maximum absolute atomic E-state index is 13.4. The third-order valence-electron chi connectivity index (χ3n) is 3.38. The summed E-state index contributed by atoms with van der Waals surface area (Å²) in [6, 6.07) is 4.84. The smallest absolute Gasteiger partial charge is 0.184 e. The molecule has 3 rings (SSSR count). The van der Waals surface area contributed by atoms with Gasteiger partial charge >= 0.3 is 0 Å². The van der Waals surface area contributed by atoms with Gasteiger partial charge in [0, 0.05) is 7.05 Å². The van der Waals surface area contributed by atoms with Crippen molar-refractivity contribution < 1.29 is 4.39 Å². The Labute approximate surface area is 134 Å². The van der Waals surface area contributed by atoms with Gasteiger partial charge in [0.1, 0.15) is 11.3 Å². The highest BCUT2D eigenvalue weighted by Gasteiger charge is 2.16. The highest BCUT2D eigenvalue weighted by molar-refractivity contribution is 9.10. The van der Waals surface area contributed by atoms with Crippen LogP contribution in [-0.2, 0) is 13.5 Å². The molecule has 0 fully saturated rings. The molecule has 0 saturated carbocycles. The predicted octanol–water partition coefficient (Wildman–Crippen LogP) is 4.28. The molecule has 0 radical (unpaired) electrons. The minimum Gasteiger partial charge on any atom is -0.327 e. The number of benzene rings is 1. The topological polar surface area (TPSA) is 38.5 Å². The van der Waals surface area contributed by atoms with Gasteiger partial charge in [-0.25, -0.2) is 9.07 Å². The zero-order valence-electron chi connectivity index (χ0n) is 11.7. The van der Waals surface area contributed by atoms with E-state index >= 15 is 0 Å². The van der Waals surface area contributed by atoms with E-state index in [9.17, 15) is 4.39 Å². The fourth-order valence-electron chi connectivity index (χ4n) is 2.49. The number of H-pyrrole nitrogens is 1. The Morgan fingerprint density at radius 2 is 2.19 bits per heavy atom. The van der Waals surface area contributed by atoms with E-state index in [4.69, 9.17) is 12.2 Å². The normalized spacial score (nSPS) is 11.4. The van der Waals surface area contributed by atoms with Crippen molar-refractivity contribution in [2.75, 3.05) is 0 Å². The Balaban J connectivity index is 2.29. The van der Waals surface area contributed by atoms with Gasteiger partial charge in [0.05, 0.1) is 15.9 Å². The second-order valence-electron chi connectivity index (χ2n) is 4.88. The molecule has 110 valence electrons. The molecule has 0 unspecified atom stereocenters. The predicted molar refractivity (Wildman–Crippen MR) is 86.9 cm³/mol. The van der Waals surface area contributed by atoms with Gasteiger partial charge in [-0.3, -0.25) is 4.57 Å². The van der Waals surface area contributed by atoms with Crippen LogP contribution in [0.25, 0.3) is 16.9 Å². The highest BCUT2D eigenvalue weighted by Crippen LogP contribution is 2.25. The average Bonchev–Trinajstić information content (AvgIpc) is 2.92. The van der Waals surface area contributed by atoms with Crippen molar-refractivity contribution in [2.24, 2.45) is 7.05 Å². The molecule has 0 spiro atoms. The first-order valence-corrected chi connectivity index (χ1v) is 7.85. The van der Waals surface area contributed by atoms with Gasteiger partial charge in [-0.2, -0.15) is 5.10 Å². The summed E-state index contributed by atoms with van der Waals surface area (Å²) in [4.78, 5) is 3.22. The second-order valence-corrected chi connectivity index (χ2v) is 6.12. The maximum Gasteiger partial charge on any atom is 0.184 e. The van der Waals surface area contributed by atoms with Gasteiger partial charge in [0.2, 0.25) is 0 Å². The number of rotatable bonds is 3. The van der Waals surface area contributed by atoms with E-state index in [2.05, 4.69) is 32.9 Å². The summed E-state index contributed by atoms with van der Waals surface area (Å²) in [5.41, 5.74) is 3.64. The molecule has 21 heavy (non-hydrogen) atoms.